The molecular weight excluding hydrogens is 244 g/mol. The summed E-state index contributed by atoms with van der Waals surface area (Å²) in [6.45, 7) is 1.77. The van der Waals surface area contributed by atoms with Crippen LogP contribution in [0.5, 0.6) is 17.2 Å². The van der Waals surface area contributed by atoms with E-state index in [4.69, 9.17) is 9.47 Å². The summed E-state index contributed by atoms with van der Waals surface area (Å²) < 4.78 is 11.1. The lowest BCUT2D eigenvalue weighted by atomic mass is 10.0. The van der Waals surface area contributed by atoms with Gasteiger partial charge in [0, 0.05) is 5.56 Å². The average molecular weight is 258 g/mol. The molecule has 0 amide bonds. The van der Waals surface area contributed by atoms with Crippen LogP contribution in [0, 0.1) is 6.92 Å². The van der Waals surface area contributed by atoms with Crippen LogP contribution in [-0.4, -0.2) is 16.8 Å². The van der Waals surface area contributed by atoms with E-state index in [1.807, 2.05) is 6.07 Å². The number of rotatable bonds is 1. The standard InChI is InChI=1S/C15H14O4/c1-10-6-7-11(8-12(10)16)15(17)9-18-13-4-2-3-5-14(13)19-15/h2-8,16-17H,9H2,1H3. The molecule has 0 saturated heterocycles. The number of aryl methyl sites for hydroxylation is 1. The molecule has 2 N–H and O–H groups in total. The van der Waals surface area contributed by atoms with Gasteiger partial charge in [0.1, 0.15) is 5.75 Å². The number of fused-ring (bicyclic) bond motifs is 1. The lowest BCUT2D eigenvalue weighted by molar-refractivity contribution is -0.182. The maximum atomic E-state index is 10.5. The predicted octanol–water partition coefficient (Wildman–Crippen LogP) is 2.32. The van der Waals surface area contributed by atoms with Gasteiger partial charge in [-0.15, -0.1) is 0 Å². The number of hydrogen-bond acceptors (Lipinski definition) is 4. The van der Waals surface area contributed by atoms with Crippen molar-refractivity contribution in [3.05, 3.63) is 53.6 Å². The summed E-state index contributed by atoms with van der Waals surface area (Å²) in [7, 11) is 0. The first-order chi connectivity index (χ1) is 9.08. The zero-order chi connectivity index (χ0) is 13.5. The van der Waals surface area contributed by atoms with Gasteiger partial charge in [-0.3, -0.25) is 0 Å². The molecule has 1 unspecified atom stereocenters. The molecule has 2 aromatic rings. The lowest BCUT2D eigenvalue weighted by Crippen LogP contribution is -2.42. The molecule has 4 nitrogen and oxygen atoms in total. The SMILES string of the molecule is Cc1ccc(C2(O)COc3ccccc3O2)cc1O. The van der Waals surface area contributed by atoms with E-state index >= 15 is 0 Å². The Hall–Kier alpha value is -2.20. The molecule has 2 aromatic carbocycles. The number of ether oxygens (including phenoxy) is 2. The lowest BCUT2D eigenvalue weighted by Gasteiger charge is -2.34. The molecule has 0 radical (unpaired) electrons. The summed E-state index contributed by atoms with van der Waals surface area (Å²) in [5.74, 6) is -0.382. The second kappa shape index (κ2) is 4.17. The number of para-hydroxylation sites is 2. The van der Waals surface area contributed by atoms with Gasteiger partial charge in [0.15, 0.2) is 18.1 Å². The van der Waals surface area contributed by atoms with Crippen LogP contribution in [-0.2, 0) is 5.79 Å². The summed E-state index contributed by atoms with van der Waals surface area (Å²) in [6.07, 6.45) is 0. The summed E-state index contributed by atoms with van der Waals surface area (Å²) >= 11 is 0. The second-order valence-electron chi connectivity index (χ2n) is 4.62. The highest BCUT2D eigenvalue weighted by Crippen LogP contribution is 2.38. The van der Waals surface area contributed by atoms with Crippen LogP contribution in [0.3, 0.4) is 0 Å². The van der Waals surface area contributed by atoms with Crippen molar-refractivity contribution in [2.75, 3.05) is 6.61 Å². The Morgan fingerprint density at radius 2 is 1.84 bits per heavy atom. The number of aromatic hydroxyl groups is 1. The van der Waals surface area contributed by atoms with Crippen LogP contribution in [0.1, 0.15) is 11.1 Å². The van der Waals surface area contributed by atoms with Gasteiger partial charge >= 0.3 is 0 Å². The largest absolute Gasteiger partial charge is 0.508 e. The maximum absolute atomic E-state index is 10.5. The zero-order valence-electron chi connectivity index (χ0n) is 10.5. The molecule has 0 bridgehead atoms. The Morgan fingerprint density at radius 3 is 2.58 bits per heavy atom. The third-order valence-electron chi connectivity index (χ3n) is 3.21. The van der Waals surface area contributed by atoms with Gasteiger partial charge in [-0.1, -0.05) is 24.3 Å². The third-order valence-corrected chi connectivity index (χ3v) is 3.21. The average Bonchev–Trinajstić information content (AvgIpc) is 2.41. The van der Waals surface area contributed by atoms with Gasteiger partial charge in [-0.05, 0) is 30.7 Å². The van der Waals surface area contributed by atoms with E-state index in [9.17, 15) is 10.2 Å². The highest BCUT2D eigenvalue weighted by atomic mass is 16.7. The molecule has 0 fully saturated rings. The molecule has 1 heterocycles. The molecular formula is C15H14O4. The summed E-state index contributed by atoms with van der Waals surface area (Å²) in [4.78, 5) is 0. The van der Waals surface area contributed by atoms with Crippen molar-refractivity contribution in [3.63, 3.8) is 0 Å². The van der Waals surface area contributed by atoms with Crippen LogP contribution >= 0.6 is 0 Å². The minimum absolute atomic E-state index is 0.0213. The molecule has 0 saturated carbocycles. The van der Waals surface area contributed by atoms with E-state index in [1.54, 1.807) is 37.3 Å². The molecule has 19 heavy (non-hydrogen) atoms. The van der Waals surface area contributed by atoms with Gasteiger partial charge in [-0.25, -0.2) is 0 Å². The van der Waals surface area contributed by atoms with Crippen molar-refractivity contribution >= 4 is 0 Å². The third kappa shape index (κ3) is 2.00. The van der Waals surface area contributed by atoms with E-state index in [0.717, 1.165) is 5.56 Å². The smallest absolute Gasteiger partial charge is 0.269 e. The highest BCUT2D eigenvalue weighted by molar-refractivity contribution is 5.43. The fourth-order valence-corrected chi connectivity index (χ4v) is 2.04. The molecule has 0 spiro atoms. The zero-order valence-corrected chi connectivity index (χ0v) is 10.5. The van der Waals surface area contributed by atoms with E-state index in [-0.39, 0.29) is 12.4 Å². The van der Waals surface area contributed by atoms with Crippen LogP contribution in [0.15, 0.2) is 42.5 Å². The number of phenols is 1. The summed E-state index contributed by atoms with van der Waals surface area (Å²) in [5, 5.41) is 20.3. The number of aliphatic hydroxyl groups is 1. The number of benzene rings is 2. The summed E-state index contributed by atoms with van der Waals surface area (Å²) in [5.41, 5.74) is 1.20. The number of hydrogen-bond donors (Lipinski definition) is 2. The fourth-order valence-electron chi connectivity index (χ4n) is 2.04. The highest BCUT2D eigenvalue weighted by Gasteiger charge is 2.37. The Bertz CT molecular complexity index is 623. The van der Waals surface area contributed by atoms with Crippen molar-refractivity contribution in [1.29, 1.82) is 0 Å². The van der Waals surface area contributed by atoms with Crippen LogP contribution < -0.4 is 9.47 Å². The van der Waals surface area contributed by atoms with Crippen LogP contribution in [0.4, 0.5) is 0 Å². The van der Waals surface area contributed by atoms with Crippen molar-refractivity contribution in [1.82, 2.24) is 0 Å². The first-order valence-electron chi connectivity index (χ1n) is 6.02. The van der Waals surface area contributed by atoms with Gasteiger partial charge in [-0.2, -0.15) is 0 Å². The molecule has 1 atom stereocenters. The Morgan fingerprint density at radius 1 is 1.11 bits per heavy atom. The van der Waals surface area contributed by atoms with Crippen molar-refractivity contribution < 1.29 is 19.7 Å². The van der Waals surface area contributed by atoms with E-state index < -0.39 is 5.79 Å². The normalized spacial score (nSPS) is 21.2. The first-order valence-corrected chi connectivity index (χ1v) is 6.02. The van der Waals surface area contributed by atoms with Crippen LogP contribution in [0.25, 0.3) is 0 Å². The van der Waals surface area contributed by atoms with Crippen molar-refractivity contribution in [2.24, 2.45) is 0 Å². The quantitative estimate of drug-likeness (QED) is 0.824. The minimum Gasteiger partial charge on any atom is -0.508 e. The van der Waals surface area contributed by atoms with Gasteiger partial charge in [0.25, 0.3) is 5.79 Å². The first kappa shape index (κ1) is 11.9. The second-order valence-corrected chi connectivity index (χ2v) is 4.62. The monoisotopic (exact) mass is 258 g/mol. The minimum atomic E-state index is -1.58. The van der Waals surface area contributed by atoms with E-state index in [2.05, 4.69) is 0 Å². The number of phenolic OH excluding ortho intramolecular Hbond substituents is 1. The van der Waals surface area contributed by atoms with Crippen molar-refractivity contribution in [2.45, 2.75) is 12.7 Å². The Kier molecular flexibility index (Phi) is 2.61. The van der Waals surface area contributed by atoms with E-state index in [0.29, 0.717) is 17.1 Å². The molecule has 98 valence electrons. The molecule has 4 heteroatoms. The molecule has 3 rings (SSSR count). The molecule has 0 aliphatic carbocycles. The van der Waals surface area contributed by atoms with E-state index in [1.165, 1.54) is 6.07 Å². The van der Waals surface area contributed by atoms with Gasteiger partial charge < -0.3 is 19.7 Å². The maximum Gasteiger partial charge on any atom is 0.269 e. The fraction of sp³-hybridized carbons (Fsp3) is 0.200. The Labute approximate surface area is 110 Å². The molecule has 1 aliphatic heterocycles. The molecule has 0 aromatic heterocycles. The van der Waals surface area contributed by atoms with Crippen LogP contribution in [0.2, 0.25) is 0 Å². The van der Waals surface area contributed by atoms with Crippen molar-refractivity contribution in [3.8, 4) is 17.2 Å². The predicted molar refractivity (Wildman–Crippen MR) is 69.3 cm³/mol. The van der Waals surface area contributed by atoms with Gasteiger partial charge in [0.05, 0.1) is 0 Å². The van der Waals surface area contributed by atoms with Gasteiger partial charge in [0.2, 0.25) is 0 Å². The Balaban J connectivity index is 1.99. The summed E-state index contributed by atoms with van der Waals surface area (Å²) in [6, 6.07) is 12.1. The topological polar surface area (TPSA) is 58.9 Å². The molecule has 1 aliphatic rings.